The molecule has 1 fully saturated rings. The molecule has 0 saturated heterocycles. The lowest BCUT2D eigenvalue weighted by Crippen LogP contribution is -2.14. The molecule has 1 heterocycles. The molecular weight excluding hydrogens is 281 g/mol. The summed E-state index contributed by atoms with van der Waals surface area (Å²) in [5.74, 6) is 1.68. The van der Waals surface area contributed by atoms with Crippen molar-refractivity contribution in [2.75, 3.05) is 0 Å². The van der Waals surface area contributed by atoms with E-state index >= 15 is 0 Å². The molecule has 0 unspecified atom stereocenters. The second-order valence-corrected chi connectivity index (χ2v) is 5.29. The van der Waals surface area contributed by atoms with Gasteiger partial charge in [-0.25, -0.2) is 4.39 Å². The summed E-state index contributed by atoms with van der Waals surface area (Å²) in [6.45, 7) is 1.01. The third-order valence-corrected chi connectivity index (χ3v) is 3.42. The maximum atomic E-state index is 12.9. The summed E-state index contributed by atoms with van der Waals surface area (Å²) in [6, 6.07) is 8.51. The van der Waals surface area contributed by atoms with Crippen LogP contribution in [0.5, 0.6) is 5.75 Å². The minimum absolute atomic E-state index is 0.257. The highest BCUT2D eigenvalue weighted by Gasteiger charge is 2.20. The molecule has 1 aliphatic carbocycles. The molecule has 0 aliphatic heterocycles. The Morgan fingerprint density at radius 2 is 2.05 bits per heavy atom. The van der Waals surface area contributed by atoms with Gasteiger partial charge in [-0.1, -0.05) is 11.6 Å². The normalized spacial score (nSPS) is 14.5. The first kappa shape index (κ1) is 13.5. The average Bonchev–Trinajstić information content (AvgIpc) is 3.14. The highest BCUT2D eigenvalue weighted by molar-refractivity contribution is 6.32. The van der Waals surface area contributed by atoms with Gasteiger partial charge in [0.15, 0.2) is 0 Å². The van der Waals surface area contributed by atoms with Crippen molar-refractivity contribution in [2.45, 2.75) is 32.0 Å². The van der Waals surface area contributed by atoms with Crippen molar-refractivity contribution in [2.24, 2.45) is 0 Å². The van der Waals surface area contributed by atoms with E-state index in [4.69, 9.17) is 20.8 Å². The van der Waals surface area contributed by atoms with E-state index in [1.54, 1.807) is 0 Å². The van der Waals surface area contributed by atoms with Gasteiger partial charge in [0.25, 0.3) is 0 Å². The molecule has 1 N–H and O–H groups in total. The smallest absolute Gasteiger partial charge is 0.146 e. The first-order valence-corrected chi connectivity index (χ1v) is 6.97. The topological polar surface area (TPSA) is 34.4 Å². The number of halogens is 2. The second kappa shape index (κ2) is 5.85. The van der Waals surface area contributed by atoms with Gasteiger partial charge in [0.05, 0.1) is 11.6 Å². The molecular formula is C15H15ClFNO2. The second-order valence-electron chi connectivity index (χ2n) is 4.89. The number of furan rings is 1. The lowest BCUT2D eigenvalue weighted by atomic mass is 10.3. The van der Waals surface area contributed by atoms with Gasteiger partial charge in [-0.2, -0.15) is 0 Å². The Labute approximate surface area is 121 Å². The van der Waals surface area contributed by atoms with Crippen molar-refractivity contribution in [3.8, 4) is 5.75 Å². The Hall–Kier alpha value is -1.52. The molecule has 1 aromatic carbocycles. The van der Waals surface area contributed by atoms with Crippen LogP contribution in [0.3, 0.4) is 0 Å². The van der Waals surface area contributed by atoms with Crippen LogP contribution in [0.25, 0.3) is 0 Å². The quantitative estimate of drug-likeness (QED) is 0.877. The average molecular weight is 296 g/mol. The zero-order chi connectivity index (χ0) is 13.9. The fourth-order valence-electron chi connectivity index (χ4n) is 1.87. The van der Waals surface area contributed by atoms with E-state index in [1.165, 1.54) is 31.0 Å². The van der Waals surface area contributed by atoms with Crippen molar-refractivity contribution in [3.05, 3.63) is 52.7 Å². The van der Waals surface area contributed by atoms with Gasteiger partial charge in [0, 0.05) is 6.04 Å². The Bertz CT molecular complexity index is 595. The van der Waals surface area contributed by atoms with Crippen molar-refractivity contribution in [1.29, 1.82) is 0 Å². The van der Waals surface area contributed by atoms with Crippen LogP contribution in [0.1, 0.15) is 24.4 Å². The summed E-state index contributed by atoms with van der Waals surface area (Å²) in [5, 5.41) is 3.63. The molecule has 1 aliphatic rings. The lowest BCUT2D eigenvalue weighted by Gasteiger charge is -2.06. The fourth-order valence-corrected chi connectivity index (χ4v) is 2.09. The van der Waals surface area contributed by atoms with Gasteiger partial charge in [-0.3, -0.25) is 0 Å². The number of benzene rings is 1. The monoisotopic (exact) mass is 295 g/mol. The predicted molar refractivity (Wildman–Crippen MR) is 74.3 cm³/mol. The molecule has 0 bridgehead atoms. The number of nitrogens with one attached hydrogen (secondary N) is 1. The largest absolute Gasteiger partial charge is 0.484 e. The summed E-state index contributed by atoms with van der Waals surface area (Å²) < 4.78 is 24.1. The molecule has 20 heavy (non-hydrogen) atoms. The first-order valence-electron chi connectivity index (χ1n) is 6.59. The third kappa shape index (κ3) is 3.52. The number of hydrogen-bond acceptors (Lipinski definition) is 3. The van der Waals surface area contributed by atoms with E-state index in [0.717, 1.165) is 18.1 Å². The van der Waals surface area contributed by atoms with Gasteiger partial charge in [0.2, 0.25) is 0 Å². The Morgan fingerprint density at radius 1 is 1.25 bits per heavy atom. The minimum Gasteiger partial charge on any atom is -0.484 e. The van der Waals surface area contributed by atoms with E-state index in [0.29, 0.717) is 11.8 Å². The van der Waals surface area contributed by atoms with E-state index in [1.807, 2.05) is 12.1 Å². The highest BCUT2D eigenvalue weighted by Crippen LogP contribution is 2.26. The molecule has 106 valence electrons. The van der Waals surface area contributed by atoms with Crippen LogP contribution in [-0.2, 0) is 13.2 Å². The SMILES string of the molecule is Fc1ccc(OCc2ccc(CNC3CC3)o2)c(Cl)c1. The van der Waals surface area contributed by atoms with Gasteiger partial charge in [0.1, 0.15) is 29.7 Å². The van der Waals surface area contributed by atoms with Crippen LogP contribution in [0.2, 0.25) is 5.02 Å². The molecule has 0 radical (unpaired) electrons. The zero-order valence-electron chi connectivity index (χ0n) is 10.9. The number of ether oxygens (including phenoxy) is 1. The van der Waals surface area contributed by atoms with E-state index in [2.05, 4.69) is 5.32 Å². The van der Waals surface area contributed by atoms with Crippen molar-refractivity contribution < 1.29 is 13.5 Å². The fraction of sp³-hybridized carbons (Fsp3) is 0.333. The van der Waals surface area contributed by atoms with Gasteiger partial charge >= 0.3 is 0 Å². The molecule has 2 aromatic rings. The summed E-state index contributed by atoms with van der Waals surface area (Å²) in [5.41, 5.74) is 0. The third-order valence-electron chi connectivity index (χ3n) is 3.12. The highest BCUT2D eigenvalue weighted by atomic mass is 35.5. The Balaban J connectivity index is 1.54. The zero-order valence-corrected chi connectivity index (χ0v) is 11.6. The molecule has 3 nitrogen and oxygen atoms in total. The van der Waals surface area contributed by atoms with Gasteiger partial charge in [-0.05, 0) is 43.2 Å². The molecule has 0 spiro atoms. The standard InChI is InChI=1S/C15H15ClFNO2/c16-14-7-10(17)1-6-15(14)19-9-13-5-4-12(20-13)8-18-11-2-3-11/h1,4-7,11,18H,2-3,8-9H2. The molecule has 1 aromatic heterocycles. The van der Waals surface area contributed by atoms with Crippen LogP contribution in [-0.4, -0.2) is 6.04 Å². The molecule has 0 atom stereocenters. The minimum atomic E-state index is -0.381. The van der Waals surface area contributed by atoms with E-state index < -0.39 is 0 Å². The van der Waals surface area contributed by atoms with Gasteiger partial charge in [-0.15, -0.1) is 0 Å². The van der Waals surface area contributed by atoms with Crippen molar-refractivity contribution in [3.63, 3.8) is 0 Å². The predicted octanol–water partition coefficient (Wildman–Crippen LogP) is 3.90. The maximum Gasteiger partial charge on any atom is 0.146 e. The summed E-state index contributed by atoms with van der Waals surface area (Å²) in [6.07, 6.45) is 2.50. The lowest BCUT2D eigenvalue weighted by molar-refractivity contribution is 0.265. The van der Waals surface area contributed by atoms with Crippen LogP contribution in [0, 0.1) is 5.82 Å². The molecule has 0 amide bonds. The van der Waals surface area contributed by atoms with Crippen molar-refractivity contribution >= 4 is 11.6 Å². The molecule has 3 rings (SSSR count). The summed E-state index contributed by atoms with van der Waals surface area (Å²) in [4.78, 5) is 0. The Morgan fingerprint density at radius 3 is 2.80 bits per heavy atom. The number of rotatable bonds is 6. The summed E-state index contributed by atoms with van der Waals surface area (Å²) >= 11 is 5.89. The van der Waals surface area contributed by atoms with Crippen molar-refractivity contribution in [1.82, 2.24) is 5.32 Å². The van der Waals surface area contributed by atoms with Crippen LogP contribution in [0.15, 0.2) is 34.7 Å². The Kier molecular flexibility index (Phi) is 3.94. The molecule has 1 saturated carbocycles. The van der Waals surface area contributed by atoms with Crippen LogP contribution in [0.4, 0.5) is 4.39 Å². The first-order chi connectivity index (χ1) is 9.70. The van der Waals surface area contributed by atoms with Crippen LogP contribution >= 0.6 is 11.6 Å². The maximum absolute atomic E-state index is 12.9. The van der Waals surface area contributed by atoms with E-state index in [-0.39, 0.29) is 17.4 Å². The van der Waals surface area contributed by atoms with E-state index in [9.17, 15) is 4.39 Å². The van der Waals surface area contributed by atoms with Gasteiger partial charge < -0.3 is 14.5 Å². The number of hydrogen-bond donors (Lipinski definition) is 1. The summed E-state index contributed by atoms with van der Waals surface area (Å²) in [7, 11) is 0. The van der Waals surface area contributed by atoms with Crippen LogP contribution < -0.4 is 10.1 Å². The molecule has 5 heteroatoms.